The van der Waals surface area contributed by atoms with Crippen LogP contribution < -0.4 is 10.6 Å². The van der Waals surface area contributed by atoms with Crippen LogP contribution in [0.25, 0.3) is 0 Å². The SMILES string of the molecule is COC(=O)CCC(=O)NC(=S)Nc1ccc(S(=O)(=O)N2CCN(C(c3ccccc3)c3ccccc3)CC2)cc1. The Morgan fingerprint density at radius 2 is 1.40 bits per heavy atom. The summed E-state index contributed by atoms with van der Waals surface area (Å²) >= 11 is 5.14. The number of methoxy groups -OCH3 is 1. The zero-order valence-electron chi connectivity index (χ0n) is 22.2. The summed E-state index contributed by atoms with van der Waals surface area (Å²) in [7, 11) is -2.44. The highest BCUT2D eigenvalue weighted by Gasteiger charge is 2.32. The monoisotopic (exact) mass is 580 g/mol. The third-order valence-electron chi connectivity index (χ3n) is 6.66. The lowest BCUT2D eigenvalue weighted by Gasteiger charge is -2.39. The number of esters is 1. The van der Waals surface area contributed by atoms with Crippen molar-refractivity contribution in [2.24, 2.45) is 0 Å². The second kappa shape index (κ2) is 13.6. The van der Waals surface area contributed by atoms with Gasteiger partial charge in [0.25, 0.3) is 0 Å². The van der Waals surface area contributed by atoms with Gasteiger partial charge in [-0.1, -0.05) is 60.7 Å². The highest BCUT2D eigenvalue weighted by Crippen LogP contribution is 2.30. The molecule has 0 radical (unpaired) electrons. The van der Waals surface area contributed by atoms with Gasteiger partial charge in [-0.2, -0.15) is 4.31 Å². The predicted octanol–water partition coefficient (Wildman–Crippen LogP) is 3.55. The Labute approximate surface area is 240 Å². The summed E-state index contributed by atoms with van der Waals surface area (Å²) in [5.74, 6) is -0.914. The molecular weight excluding hydrogens is 548 g/mol. The van der Waals surface area contributed by atoms with Crippen LogP contribution >= 0.6 is 12.2 Å². The number of nitrogens with one attached hydrogen (secondary N) is 2. The molecule has 3 aromatic rings. The molecule has 1 aliphatic rings. The van der Waals surface area contributed by atoms with E-state index < -0.39 is 21.9 Å². The topological polar surface area (TPSA) is 108 Å². The van der Waals surface area contributed by atoms with Crippen LogP contribution in [-0.4, -0.2) is 67.9 Å². The van der Waals surface area contributed by atoms with E-state index in [0.717, 1.165) is 0 Å². The number of hydrogen-bond donors (Lipinski definition) is 2. The van der Waals surface area contributed by atoms with Crippen LogP contribution in [-0.2, 0) is 24.3 Å². The maximum absolute atomic E-state index is 13.4. The van der Waals surface area contributed by atoms with Crippen molar-refractivity contribution in [3.63, 3.8) is 0 Å². The number of benzene rings is 3. The number of sulfonamides is 1. The van der Waals surface area contributed by atoms with Crippen molar-refractivity contribution in [1.29, 1.82) is 0 Å². The first kappa shape index (κ1) is 29.3. The molecule has 40 heavy (non-hydrogen) atoms. The first-order valence-electron chi connectivity index (χ1n) is 12.9. The predicted molar refractivity (Wildman–Crippen MR) is 157 cm³/mol. The van der Waals surface area contributed by atoms with Gasteiger partial charge in [-0.3, -0.25) is 14.5 Å². The van der Waals surface area contributed by atoms with Crippen LogP contribution in [0.5, 0.6) is 0 Å². The molecule has 1 fully saturated rings. The molecule has 1 heterocycles. The number of ether oxygens (including phenoxy) is 1. The number of piperazine rings is 1. The van der Waals surface area contributed by atoms with E-state index in [-0.39, 0.29) is 28.9 Å². The molecule has 1 aliphatic heterocycles. The molecule has 0 unspecified atom stereocenters. The smallest absolute Gasteiger partial charge is 0.306 e. The van der Waals surface area contributed by atoms with Gasteiger partial charge >= 0.3 is 5.97 Å². The molecule has 1 amide bonds. The van der Waals surface area contributed by atoms with E-state index >= 15 is 0 Å². The van der Waals surface area contributed by atoms with Crippen molar-refractivity contribution in [2.75, 3.05) is 38.6 Å². The quantitative estimate of drug-likeness (QED) is 0.292. The van der Waals surface area contributed by atoms with Crippen molar-refractivity contribution in [1.82, 2.24) is 14.5 Å². The molecule has 0 spiro atoms. The molecule has 210 valence electrons. The molecule has 0 saturated carbocycles. The van der Waals surface area contributed by atoms with Crippen LogP contribution in [0.3, 0.4) is 0 Å². The van der Waals surface area contributed by atoms with Gasteiger partial charge in [0, 0.05) is 38.3 Å². The lowest BCUT2D eigenvalue weighted by atomic mass is 9.96. The number of hydrogen-bond acceptors (Lipinski definition) is 7. The Hall–Kier alpha value is -3.64. The lowest BCUT2D eigenvalue weighted by molar-refractivity contribution is -0.142. The fourth-order valence-electron chi connectivity index (χ4n) is 4.62. The van der Waals surface area contributed by atoms with Crippen LogP contribution in [0, 0.1) is 0 Å². The minimum absolute atomic E-state index is 0.0439. The van der Waals surface area contributed by atoms with Gasteiger partial charge in [0.1, 0.15) is 0 Å². The Morgan fingerprint density at radius 3 is 1.93 bits per heavy atom. The maximum Gasteiger partial charge on any atom is 0.306 e. The summed E-state index contributed by atoms with van der Waals surface area (Å²) in [4.78, 5) is 25.6. The van der Waals surface area contributed by atoms with E-state index in [1.807, 2.05) is 36.4 Å². The molecule has 9 nitrogen and oxygen atoms in total. The van der Waals surface area contributed by atoms with E-state index in [0.29, 0.717) is 31.9 Å². The van der Waals surface area contributed by atoms with Crippen LogP contribution in [0.15, 0.2) is 89.8 Å². The van der Waals surface area contributed by atoms with E-state index in [4.69, 9.17) is 12.2 Å². The average molecular weight is 581 g/mol. The van der Waals surface area contributed by atoms with E-state index in [1.165, 1.54) is 34.7 Å². The summed E-state index contributed by atoms with van der Waals surface area (Å²) in [6.45, 7) is 1.94. The van der Waals surface area contributed by atoms with Crippen molar-refractivity contribution in [3.8, 4) is 0 Å². The Kier molecular flexibility index (Phi) is 9.99. The number of carbonyl (C=O) groups excluding carboxylic acids is 2. The Balaban J connectivity index is 1.36. The van der Waals surface area contributed by atoms with Crippen molar-refractivity contribution in [3.05, 3.63) is 96.1 Å². The fourth-order valence-corrected chi connectivity index (χ4v) is 6.27. The van der Waals surface area contributed by atoms with Gasteiger partial charge < -0.3 is 15.4 Å². The average Bonchev–Trinajstić information content (AvgIpc) is 2.97. The number of amides is 1. The number of rotatable bonds is 9. The molecule has 0 bridgehead atoms. The summed E-state index contributed by atoms with van der Waals surface area (Å²) < 4.78 is 32.8. The normalized spacial score (nSPS) is 14.4. The Morgan fingerprint density at radius 1 is 0.850 bits per heavy atom. The summed E-state index contributed by atoms with van der Waals surface area (Å²) in [5.41, 5.74) is 2.87. The molecule has 0 aliphatic carbocycles. The van der Waals surface area contributed by atoms with Gasteiger partial charge in [-0.05, 0) is 47.6 Å². The minimum atomic E-state index is -3.69. The van der Waals surface area contributed by atoms with Crippen LogP contribution in [0.4, 0.5) is 5.69 Å². The fraction of sp³-hybridized carbons (Fsp3) is 0.276. The molecular formula is C29H32N4O5S2. The molecule has 0 atom stereocenters. The lowest BCUT2D eigenvalue weighted by Crippen LogP contribution is -2.49. The molecule has 1 saturated heterocycles. The van der Waals surface area contributed by atoms with E-state index in [9.17, 15) is 18.0 Å². The van der Waals surface area contributed by atoms with Crippen LogP contribution in [0.1, 0.15) is 30.0 Å². The van der Waals surface area contributed by atoms with E-state index in [2.05, 4.69) is 44.5 Å². The van der Waals surface area contributed by atoms with Crippen molar-refractivity contribution < 1.29 is 22.7 Å². The summed E-state index contributed by atoms with van der Waals surface area (Å²) in [6.07, 6.45) is -0.110. The Bertz CT molecular complexity index is 1370. The van der Waals surface area contributed by atoms with Gasteiger partial charge in [0.2, 0.25) is 15.9 Å². The highest BCUT2D eigenvalue weighted by molar-refractivity contribution is 7.89. The highest BCUT2D eigenvalue weighted by atomic mass is 32.2. The number of carbonyl (C=O) groups is 2. The zero-order chi connectivity index (χ0) is 28.5. The van der Waals surface area contributed by atoms with Crippen LogP contribution in [0.2, 0.25) is 0 Å². The largest absolute Gasteiger partial charge is 0.469 e. The van der Waals surface area contributed by atoms with Gasteiger partial charge in [-0.25, -0.2) is 8.42 Å². The first-order chi connectivity index (χ1) is 19.3. The zero-order valence-corrected chi connectivity index (χ0v) is 23.8. The van der Waals surface area contributed by atoms with Gasteiger partial charge in [-0.15, -0.1) is 0 Å². The molecule has 0 aromatic heterocycles. The second-order valence-electron chi connectivity index (χ2n) is 9.27. The molecule has 2 N–H and O–H groups in total. The minimum Gasteiger partial charge on any atom is -0.469 e. The van der Waals surface area contributed by atoms with E-state index in [1.54, 1.807) is 12.1 Å². The first-order valence-corrected chi connectivity index (χ1v) is 14.7. The second-order valence-corrected chi connectivity index (χ2v) is 11.6. The standard InChI is InChI=1S/C29H32N4O5S2/c1-38-27(35)17-16-26(34)31-29(39)30-24-12-14-25(15-13-24)40(36,37)33-20-18-32(19-21-33)28(22-8-4-2-5-9-22)23-10-6-3-7-11-23/h2-15,28H,16-21H2,1H3,(H2,30,31,34,39). The maximum atomic E-state index is 13.4. The van der Waals surface area contributed by atoms with Crippen molar-refractivity contribution >= 4 is 44.9 Å². The number of nitrogens with zero attached hydrogens (tertiary/aromatic N) is 2. The number of thiocarbonyl (C=S) groups is 1. The molecule has 11 heteroatoms. The van der Waals surface area contributed by atoms with Gasteiger partial charge in [0.05, 0.1) is 24.5 Å². The number of anilines is 1. The molecule has 4 rings (SSSR count). The third kappa shape index (κ3) is 7.51. The summed E-state index contributed by atoms with van der Waals surface area (Å²) in [6, 6.07) is 26.8. The van der Waals surface area contributed by atoms with Gasteiger partial charge in [0.15, 0.2) is 5.11 Å². The molecule has 3 aromatic carbocycles. The van der Waals surface area contributed by atoms with Crippen molar-refractivity contribution in [2.45, 2.75) is 23.8 Å². The third-order valence-corrected chi connectivity index (χ3v) is 8.77. The summed E-state index contributed by atoms with van der Waals surface area (Å²) in [5, 5.41) is 5.38.